The molecule has 0 N–H and O–H groups in total. The molecule has 1 spiro atoms. The van der Waals surface area contributed by atoms with Gasteiger partial charge in [0.15, 0.2) is 0 Å². The summed E-state index contributed by atoms with van der Waals surface area (Å²) in [7, 11) is 0. The third-order valence-electron chi connectivity index (χ3n) is 6.26. The van der Waals surface area contributed by atoms with E-state index in [4.69, 9.17) is 23.2 Å². The van der Waals surface area contributed by atoms with Crippen molar-refractivity contribution in [3.8, 4) is 0 Å². The number of rotatable bonds is 3. The molecule has 1 aliphatic carbocycles. The van der Waals surface area contributed by atoms with Crippen LogP contribution in [0.1, 0.15) is 24.0 Å². The van der Waals surface area contributed by atoms with Crippen LogP contribution in [-0.4, -0.2) is 11.8 Å². The third kappa shape index (κ3) is 2.51. The molecule has 5 heteroatoms. The van der Waals surface area contributed by atoms with Crippen molar-refractivity contribution in [2.45, 2.75) is 18.3 Å². The van der Waals surface area contributed by atoms with Crippen LogP contribution in [0.5, 0.6) is 0 Å². The maximum absolute atomic E-state index is 13.7. The minimum Gasteiger partial charge on any atom is -0.274 e. The summed E-state index contributed by atoms with van der Waals surface area (Å²) in [4.78, 5) is 28.0. The molecular weight excluding hydrogens is 405 g/mol. The van der Waals surface area contributed by atoms with Gasteiger partial charge in [-0.3, -0.25) is 9.59 Å². The van der Waals surface area contributed by atoms with Gasteiger partial charge >= 0.3 is 0 Å². The molecule has 144 valence electrons. The van der Waals surface area contributed by atoms with E-state index in [0.29, 0.717) is 22.2 Å². The second-order valence-corrected chi connectivity index (χ2v) is 8.55. The summed E-state index contributed by atoms with van der Waals surface area (Å²) < 4.78 is 0. The molecule has 2 fully saturated rings. The highest BCUT2D eigenvalue weighted by atomic mass is 35.5. The summed E-state index contributed by atoms with van der Waals surface area (Å²) in [6.45, 7) is 0. The van der Waals surface area contributed by atoms with Gasteiger partial charge in [-0.25, -0.2) is 4.90 Å². The lowest BCUT2D eigenvalue weighted by molar-refractivity contribution is -0.123. The first-order valence-electron chi connectivity index (χ1n) is 9.43. The Morgan fingerprint density at radius 2 is 1.38 bits per heavy atom. The fourth-order valence-electron chi connectivity index (χ4n) is 4.90. The zero-order chi connectivity index (χ0) is 20.2. The summed E-state index contributed by atoms with van der Waals surface area (Å²) in [6.07, 6.45) is 0.759. The maximum Gasteiger partial charge on any atom is 0.241 e. The summed E-state index contributed by atoms with van der Waals surface area (Å²) >= 11 is 12.3. The second kappa shape index (κ2) is 6.45. The van der Waals surface area contributed by atoms with Crippen LogP contribution >= 0.6 is 23.2 Å². The van der Waals surface area contributed by atoms with Crippen LogP contribution < -0.4 is 4.90 Å². The molecule has 1 aliphatic heterocycles. The molecule has 3 aromatic carbocycles. The Bertz CT molecular complexity index is 1090. The van der Waals surface area contributed by atoms with E-state index in [9.17, 15) is 9.59 Å². The van der Waals surface area contributed by atoms with Crippen molar-refractivity contribution in [1.29, 1.82) is 0 Å². The predicted octanol–water partition coefficient (Wildman–Crippen LogP) is 5.63. The molecule has 3 nitrogen and oxygen atoms in total. The Hall–Kier alpha value is -2.62. The van der Waals surface area contributed by atoms with Crippen LogP contribution in [0, 0.1) is 5.41 Å². The van der Waals surface area contributed by atoms with E-state index < -0.39 is 10.8 Å². The Kier molecular flexibility index (Phi) is 4.09. The molecule has 5 rings (SSSR count). The smallest absolute Gasteiger partial charge is 0.241 e. The molecule has 3 aromatic rings. The van der Waals surface area contributed by atoms with Crippen LogP contribution in [0.25, 0.3) is 0 Å². The number of hydrogen-bond donors (Lipinski definition) is 0. The van der Waals surface area contributed by atoms with Gasteiger partial charge in [-0.15, -0.1) is 0 Å². The summed E-state index contributed by atoms with van der Waals surface area (Å²) in [5.41, 5.74) is 1.18. The molecule has 2 aliphatic rings. The lowest BCUT2D eigenvalue weighted by Crippen LogP contribution is -2.34. The SMILES string of the molecule is O=C1C[C@@]2(CC2(c2ccccc2)c2ccccc2)C(=O)N1c1ccc(Cl)cc1Cl. The van der Waals surface area contributed by atoms with Crippen molar-refractivity contribution in [2.24, 2.45) is 5.41 Å². The highest BCUT2D eigenvalue weighted by Gasteiger charge is 2.77. The summed E-state index contributed by atoms with van der Waals surface area (Å²) in [5, 5.41) is 0.754. The minimum absolute atomic E-state index is 0.161. The van der Waals surface area contributed by atoms with Crippen molar-refractivity contribution in [3.05, 3.63) is 100 Å². The molecular formula is C24H17Cl2NO2. The number of anilines is 1. The number of benzene rings is 3. The second-order valence-electron chi connectivity index (χ2n) is 7.70. The van der Waals surface area contributed by atoms with Crippen LogP contribution in [0.2, 0.25) is 10.0 Å². The maximum atomic E-state index is 13.7. The lowest BCUT2D eigenvalue weighted by atomic mass is 9.79. The largest absolute Gasteiger partial charge is 0.274 e. The minimum atomic E-state index is -0.796. The monoisotopic (exact) mass is 421 g/mol. The average molecular weight is 422 g/mol. The van der Waals surface area contributed by atoms with Crippen molar-refractivity contribution in [2.75, 3.05) is 4.90 Å². The van der Waals surface area contributed by atoms with E-state index in [1.54, 1.807) is 18.2 Å². The molecule has 1 saturated heterocycles. The number of imide groups is 1. The fourth-order valence-corrected chi connectivity index (χ4v) is 5.39. The summed E-state index contributed by atoms with van der Waals surface area (Å²) in [6, 6.07) is 24.8. The van der Waals surface area contributed by atoms with E-state index in [1.165, 1.54) is 4.90 Å². The van der Waals surface area contributed by atoms with E-state index >= 15 is 0 Å². The Balaban J connectivity index is 1.64. The van der Waals surface area contributed by atoms with Gasteiger partial charge in [0.25, 0.3) is 0 Å². The van der Waals surface area contributed by atoms with Gasteiger partial charge in [0.2, 0.25) is 11.8 Å². The number of halogens is 2. The molecule has 0 bridgehead atoms. The fraction of sp³-hybridized carbons (Fsp3) is 0.167. The number of hydrogen-bond acceptors (Lipinski definition) is 2. The number of carbonyl (C=O) groups excluding carboxylic acids is 2. The Morgan fingerprint density at radius 1 is 0.793 bits per heavy atom. The third-order valence-corrected chi connectivity index (χ3v) is 6.80. The van der Waals surface area contributed by atoms with Gasteiger partial charge in [-0.1, -0.05) is 83.9 Å². The van der Waals surface area contributed by atoms with Gasteiger partial charge < -0.3 is 0 Å². The number of amides is 2. The molecule has 1 saturated carbocycles. The predicted molar refractivity (Wildman–Crippen MR) is 114 cm³/mol. The molecule has 0 unspecified atom stereocenters. The van der Waals surface area contributed by atoms with Crippen LogP contribution in [-0.2, 0) is 15.0 Å². The summed E-state index contributed by atoms with van der Waals surface area (Å²) in [5.74, 6) is -0.424. The van der Waals surface area contributed by atoms with E-state index in [1.807, 2.05) is 60.7 Å². The van der Waals surface area contributed by atoms with Crippen LogP contribution in [0.4, 0.5) is 5.69 Å². The standard InChI is InChI=1S/C24H17Cl2NO2/c25-18-11-12-20(19(26)13-18)27-21(28)14-23(22(27)29)15-24(23,16-7-3-1-4-8-16)17-9-5-2-6-10-17/h1-13H,14-15H2/t23-/m1/s1. The van der Waals surface area contributed by atoms with Gasteiger partial charge in [-0.2, -0.15) is 0 Å². The van der Waals surface area contributed by atoms with Crippen LogP contribution in [0.15, 0.2) is 78.9 Å². The van der Waals surface area contributed by atoms with E-state index in [2.05, 4.69) is 0 Å². The van der Waals surface area contributed by atoms with Crippen molar-refractivity contribution >= 4 is 40.7 Å². The van der Waals surface area contributed by atoms with Gasteiger partial charge in [0.05, 0.1) is 16.1 Å². The van der Waals surface area contributed by atoms with E-state index in [-0.39, 0.29) is 18.2 Å². The highest BCUT2D eigenvalue weighted by molar-refractivity contribution is 6.38. The van der Waals surface area contributed by atoms with Gasteiger partial charge in [-0.05, 0) is 35.7 Å². The average Bonchev–Trinajstić information content (AvgIpc) is 3.34. The normalized spacial score (nSPS) is 22.3. The van der Waals surface area contributed by atoms with Gasteiger partial charge in [0, 0.05) is 16.9 Å². The van der Waals surface area contributed by atoms with Crippen LogP contribution in [0.3, 0.4) is 0 Å². The molecule has 0 aromatic heterocycles. The first-order chi connectivity index (χ1) is 14.0. The van der Waals surface area contributed by atoms with E-state index in [0.717, 1.165) is 11.1 Å². The molecule has 2 amide bonds. The molecule has 0 radical (unpaired) electrons. The quantitative estimate of drug-likeness (QED) is 0.513. The highest BCUT2D eigenvalue weighted by Crippen LogP contribution is 2.72. The number of nitrogens with zero attached hydrogens (tertiary/aromatic N) is 1. The van der Waals surface area contributed by atoms with Crippen molar-refractivity contribution in [3.63, 3.8) is 0 Å². The number of carbonyl (C=O) groups is 2. The topological polar surface area (TPSA) is 37.4 Å². The van der Waals surface area contributed by atoms with Crippen molar-refractivity contribution in [1.82, 2.24) is 0 Å². The first-order valence-corrected chi connectivity index (χ1v) is 10.2. The zero-order valence-electron chi connectivity index (χ0n) is 15.4. The molecule has 29 heavy (non-hydrogen) atoms. The first kappa shape index (κ1) is 18.4. The lowest BCUT2D eigenvalue weighted by Gasteiger charge is -2.23. The Labute approximate surface area is 178 Å². The molecule has 1 atom stereocenters. The Morgan fingerprint density at radius 3 is 1.93 bits per heavy atom. The zero-order valence-corrected chi connectivity index (χ0v) is 17.0. The van der Waals surface area contributed by atoms with Crippen molar-refractivity contribution < 1.29 is 9.59 Å². The molecule has 1 heterocycles. The van der Waals surface area contributed by atoms with Gasteiger partial charge in [0.1, 0.15) is 0 Å².